The smallest absolute Gasteiger partial charge is 0.0458 e. The van der Waals surface area contributed by atoms with Gasteiger partial charge >= 0.3 is 0 Å². The van der Waals surface area contributed by atoms with Crippen LogP contribution in [0.2, 0.25) is 0 Å². The van der Waals surface area contributed by atoms with Crippen molar-refractivity contribution in [3.63, 3.8) is 0 Å². The van der Waals surface area contributed by atoms with E-state index in [1.54, 1.807) is 0 Å². The lowest BCUT2D eigenvalue weighted by Crippen LogP contribution is -2.21. The van der Waals surface area contributed by atoms with E-state index in [-0.39, 0.29) is 0 Å². The molecular formula is C18H19BrN2. The van der Waals surface area contributed by atoms with Gasteiger partial charge in [0, 0.05) is 34.2 Å². The summed E-state index contributed by atoms with van der Waals surface area (Å²) in [6, 6.07) is 17.3. The van der Waals surface area contributed by atoms with Gasteiger partial charge in [0.25, 0.3) is 0 Å². The molecule has 1 atom stereocenters. The van der Waals surface area contributed by atoms with E-state index in [9.17, 15) is 0 Å². The summed E-state index contributed by atoms with van der Waals surface area (Å²) < 4.78 is 1.12. The number of aromatic amines is 1. The van der Waals surface area contributed by atoms with Crippen LogP contribution in [0.5, 0.6) is 0 Å². The molecule has 0 aliphatic rings. The number of hydrogen-bond donors (Lipinski definition) is 1. The molecule has 0 aliphatic heterocycles. The van der Waals surface area contributed by atoms with Gasteiger partial charge in [-0.05, 0) is 43.3 Å². The molecule has 0 spiro atoms. The third kappa shape index (κ3) is 3.04. The summed E-state index contributed by atoms with van der Waals surface area (Å²) in [5, 5.41) is 1.29. The third-order valence-corrected chi connectivity index (χ3v) is 4.56. The second-order valence-electron chi connectivity index (χ2n) is 5.51. The Morgan fingerprint density at radius 1 is 1.14 bits per heavy atom. The van der Waals surface area contributed by atoms with Crippen LogP contribution < -0.4 is 0 Å². The molecule has 0 radical (unpaired) electrons. The molecule has 1 N–H and O–H groups in total. The van der Waals surface area contributed by atoms with E-state index in [1.807, 2.05) is 0 Å². The number of aromatic nitrogens is 1. The van der Waals surface area contributed by atoms with Crippen molar-refractivity contribution in [2.45, 2.75) is 19.5 Å². The van der Waals surface area contributed by atoms with Crippen molar-refractivity contribution in [1.29, 1.82) is 0 Å². The Labute approximate surface area is 133 Å². The highest BCUT2D eigenvalue weighted by atomic mass is 79.9. The fourth-order valence-electron chi connectivity index (χ4n) is 2.71. The standard InChI is InChI=1S/C18H19BrN2/c1-13(21(2)12-14-6-4-3-5-7-14)17-11-20-18-9-8-15(19)10-16(17)18/h3-11,13,20H,12H2,1-2H3. The van der Waals surface area contributed by atoms with Crippen molar-refractivity contribution in [3.05, 3.63) is 70.3 Å². The largest absolute Gasteiger partial charge is 0.361 e. The van der Waals surface area contributed by atoms with Gasteiger partial charge in [-0.15, -0.1) is 0 Å². The number of nitrogens with one attached hydrogen (secondary N) is 1. The summed E-state index contributed by atoms with van der Waals surface area (Å²) in [6.45, 7) is 3.20. The van der Waals surface area contributed by atoms with Gasteiger partial charge in [-0.1, -0.05) is 46.3 Å². The first-order valence-corrected chi connectivity index (χ1v) is 7.95. The van der Waals surface area contributed by atoms with Crippen LogP contribution in [-0.4, -0.2) is 16.9 Å². The summed E-state index contributed by atoms with van der Waals surface area (Å²) in [6.07, 6.45) is 2.13. The first-order valence-electron chi connectivity index (χ1n) is 7.16. The van der Waals surface area contributed by atoms with Crippen molar-refractivity contribution in [3.8, 4) is 0 Å². The average molecular weight is 343 g/mol. The van der Waals surface area contributed by atoms with Gasteiger partial charge < -0.3 is 4.98 Å². The lowest BCUT2D eigenvalue weighted by Gasteiger charge is -2.24. The summed E-state index contributed by atoms with van der Waals surface area (Å²) in [5.41, 5.74) is 3.87. The van der Waals surface area contributed by atoms with Crippen LogP contribution in [-0.2, 0) is 6.54 Å². The first kappa shape index (κ1) is 14.4. The minimum atomic E-state index is 0.355. The van der Waals surface area contributed by atoms with Crippen molar-refractivity contribution >= 4 is 26.8 Å². The molecule has 0 aliphatic carbocycles. The molecule has 3 rings (SSSR count). The van der Waals surface area contributed by atoms with Gasteiger partial charge in [-0.3, -0.25) is 4.90 Å². The molecule has 2 aromatic carbocycles. The Kier molecular flexibility index (Phi) is 4.13. The SMILES string of the molecule is CC(c1c[nH]c2ccc(Br)cc12)N(C)Cc1ccccc1. The quantitative estimate of drug-likeness (QED) is 0.696. The summed E-state index contributed by atoms with van der Waals surface area (Å²) in [5.74, 6) is 0. The molecule has 21 heavy (non-hydrogen) atoms. The zero-order valence-electron chi connectivity index (χ0n) is 12.3. The van der Waals surface area contributed by atoms with Crippen molar-refractivity contribution in [1.82, 2.24) is 9.88 Å². The van der Waals surface area contributed by atoms with E-state index < -0.39 is 0 Å². The van der Waals surface area contributed by atoms with Crippen LogP contribution in [0.15, 0.2) is 59.2 Å². The summed E-state index contributed by atoms with van der Waals surface area (Å²) in [4.78, 5) is 5.74. The van der Waals surface area contributed by atoms with Gasteiger partial charge in [-0.2, -0.15) is 0 Å². The monoisotopic (exact) mass is 342 g/mol. The molecule has 0 saturated carbocycles. The summed E-state index contributed by atoms with van der Waals surface area (Å²) >= 11 is 3.56. The highest BCUT2D eigenvalue weighted by Crippen LogP contribution is 2.30. The van der Waals surface area contributed by atoms with Gasteiger partial charge in [0.1, 0.15) is 0 Å². The second kappa shape index (κ2) is 6.04. The van der Waals surface area contributed by atoms with E-state index >= 15 is 0 Å². The van der Waals surface area contributed by atoms with Crippen LogP contribution >= 0.6 is 15.9 Å². The number of H-pyrrole nitrogens is 1. The molecule has 0 amide bonds. The van der Waals surface area contributed by atoms with E-state index in [0.29, 0.717) is 6.04 Å². The maximum Gasteiger partial charge on any atom is 0.0458 e. The Hall–Kier alpha value is -1.58. The van der Waals surface area contributed by atoms with E-state index in [4.69, 9.17) is 0 Å². The summed E-state index contributed by atoms with van der Waals surface area (Å²) in [7, 11) is 2.18. The number of halogens is 1. The number of benzene rings is 2. The van der Waals surface area contributed by atoms with Crippen molar-refractivity contribution < 1.29 is 0 Å². The molecule has 3 aromatic rings. The molecule has 108 valence electrons. The van der Waals surface area contributed by atoms with Gasteiger partial charge in [0.2, 0.25) is 0 Å². The lowest BCUT2D eigenvalue weighted by atomic mass is 10.1. The fourth-order valence-corrected chi connectivity index (χ4v) is 3.07. The third-order valence-electron chi connectivity index (χ3n) is 4.06. The molecule has 3 heteroatoms. The molecule has 0 saturated heterocycles. The highest BCUT2D eigenvalue weighted by Gasteiger charge is 2.16. The van der Waals surface area contributed by atoms with E-state index in [0.717, 1.165) is 11.0 Å². The molecule has 1 heterocycles. The lowest BCUT2D eigenvalue weighted by molar-refractivity contribution is 0.254. The van der Waals surface area contributed by atoms with Gasteiger partial charge in [0.05, 0.1) is 0 Å². The number of fused-ring (bicyclic) bond motifs is 1. The molecule has 0 fully saturated rings. The van der Waals surface area contributed by atoms with Crippen LogP contribution in [0, 0.1) is 0 Å². The Bertz CT molecular complexity index is 733. The topological polar surface area (TPSA) is 19.0 Å². The highest BCUT2D eigenvalue weighted by molar-refractivity contribution is 9.10. The normalized spacial score (nSPS) is 13.0. The van der Waals surface area contributed by atoms with Crippen LogP contribution in [0.3, 0.4) is 0 Å². The first-order chi connectivity index (χ1) is 10.1. The minimum absolute atomic E-state index is 0.355. The molecule has 1 aromatic heterocycles. The maximum absolute atomic E-state index is 3.56. The molecular weight excluding hydrogens is 324 g/mol. The Balaban J connectivity index is 1.86. The zero-order chi connectivity index (χ0) is 14.8. The van der Waals surface area contributed by atoms with Crippen LogP contribution in [0.1, 0.15) is 24.1 Å². The van der Waals surface area contributed by atoms with Gasteiger partial charge in [0.15, 0.2) is 0 Å². The zero-order valence-corrected chi connectivity index (χ0v) is 13.9. The Morgan fingerprint density at radius 3 is 2.67 bits per heavy atom. The minimum Gasteiger partial charge on any atom is -0.361 e. The average Bonchev–Trinajstić information content (AvgIpc) is 2.90. The van der Waals surface area contributed by atoms with Crippen molar-refractivity contribution in [2.75, 3.05) is 7.05 Å². The Morgan fingerprint density at radius 2 is 1.90 bits per heavy atom. The fraction of sp³-hybridized carbons (Fsp3) is 0.222. The molecule has 1 unspecified atom stereocenters. The maximum atomic E-state index is 3.56. The molecule has 2 nitrogen and oxygen atoms in total. The predicted octanol–water partition coefficient (Wildman–Crippen LogP) is 5.12. The molecule has 0 bridgehead atoms. The van der Waals surface area contributed by atoms with Crippen molar-refractivity contribution in [2.24, 2.45) is 0 Å². The van der Waals surface area contributed by atoms with Crippen LogP contribution in [0.25, 0.3) is 10.9 Å². The van der Waals surface area contributed by atoms with E-state index in [2.05, 4.69) is 94.5 Å². The predicted molar refractivity (Wildman–Crippen MR) is 92.3 cm³/mol. The number of rotatable bonds is 4. The van der Waals surface area contributed by atoms with Crippen LogP contribution in [0.4, 0.5) is 0 Å². The number of nitrogens with zero attached hydrogens (tertiary/aromatic N) is 1. The van der Waals surface area contributed by atoms with Gasteiger partial charge in [-0.25, -0.2) is 0 Å². The second-order valence-corrected chi connectivity index (χ2v) is 6.43. The number of hydrogen-bond acceptors (Lipinski definition) is 1. The van der Waals surface area contributed by atoms with E-state index in [1.165, 1.54) is 22.0 Å².